The maximum absolute atomic E-state index is 12.7. The fourth-order valence-electron chi connectivity index (χ4n) is 3.22. The Bertz CT molecular complexity index is 502. The van der Waals surface area contributed by atoms with E-state index < -0.39 is 0 Å². The van der Waals surface area contributed by atoms with Crippen molar-refractivity contribution in [3.05, 3.63) is 29.3 Å². The summed E-state index contributed by atoms with van der Waals surface area (Å²) in [5.74, 6) is 0.808. The molecule has 0 bridgehead atoms. The Labute approximate surface area is 127 Å². The van der Waals surface area contributed by atoms with Crippen molar-refractivity contribution in [2.75, 3.05) is 19.6 Å². The summed E-state index contributed by atoms with van der Waals surface area (Å²) in [6.07, 6.45) is 2.09. The van der Waals surface area contributed by atoms with E-state index in [1.54, 1.807) is 18.2 Å². The first-order valence-electron chi connectivity index (χ1n) is 7.89. The molecule has 1 aromatic rings. The Morgan fingerprint density at radius 2 is 2.19 bits per heavy atom. The summed E-state index contributed by atoms with van der Waals surface area (Å²) in [5.41, 5.74) is 1.53. The number of nitrogens with zero attached hydrogens (tertiary/aromatic N) is 1. The molecule has 1 aliphatic rings. The second-order valence-corrected chi connectivity index (χ2v) is 5.87. The fraction of sp³-hybridized carbons (Fsp3) is 0.588. The van der Waals surface area contributed by atoms with Crippen molar-refractivity contribution < 1.29 is 9.90 Å². The van der Waals surface area contributed by atoms with Crippen LogP contribution in [-0.4, -0.2) is 41.6 Å². The number of hydrogen-bond acceptors (Lipinski definition) is 3. The van der Waals surface area contributed by atoms with Gasteiger partial charge in [0.25, 0.3) is 5.91 Å². The molecule has 1 aromatic carbocycles. The lowest BCUT2D eigenvalue weighted by atomic mass is 9.89. The molecule has 2 N–H and O–H groups in total. The Balaban J connectivity index is 2.10. The van der Waals surface area contributed by atoms with Gasteiger partial charge >= 0.3 is 0 Å². The number of benzene rings is 1. The van der Waals surface area contributed by atoms with Crippen LogP contribution in [0, 0.1) is 12.8 Å². The number of phenolic OH excluding ortho intramolecular Hbond substituents is 1. The molecule has 1 fully saturated rings. The van der Waals surface area contributed by atoms with Crippen LogP contribution in [0.2, 0.25) is 0 Å². The number of piperidine rings is 1. The normalized spacial score (nSPS) is 22.3. The van der Waals surface area contributed by atoms with Gasteiger partial charge in [-0.2, -0.15) is 0 Å². The zero-order chi connectivity index (χ0) is 15.4. The number of nitrogens with one attached hydrogen (secondary N) is 1. The van der Waals surface area contributed by atoms with Crippen LogP contribution in [0.5, 0.6) is 5.75 Å². The van der Waals surface area contributed by atoms with Crippen LogP contribution in [0.4, 0.5) is 0 Å². The number of phenols is 1. The van der Waals surface area contributed by atoms with Crippen LogP contribution >= 0.6 is 0 Å². The molecule has 116 valence electrons. The van der Waals surface area contributed by atoms with E-state index in [1.807, 2.05) is 11.8 Å². The number of carbonyl (C=O) groups is 1. The molecule has 4 heteroatoms. The maximum atomic E-state index is 12.7. The standard InChI is InChI=1S/C17H26N2O2/c1-4-13-11-19(9-8-16(13)18-5-2)17(21)15-7-6-14(20)10-12(15)3/h6-7,10,13,16,18,20H,4-5,8-9,11H2,1-3H3. The van der Waals surface area contributed by atoms with E-state index >= 15 is 0 Å². The van der Waals surface area contributed by atoms with Gasteiger partial charge < -0.3 is 15.3 Å². The topological polar surface area (TPSA) is 52.6 Å². The Morgan fingerprint density at radius 3 is 2.81 bits per heavy atom. The molecular weight excluding hydrogens is 264 g/mol. The minimum Gasteiger partial charge on any atom is -0.508 e. The molecule has 0 aromatic heterocycles. The summed E-state index contributed by atoms with van der Waals surface area (Å²) in [5, 5.41) is 13.0. The summed E-state index contributed by atoms with van der Waals surface area (Å²) in [7, 11) is 0. The molecule has 1 heterocycles. The average molecular weight is 290 g/mol. The summed E-state index contributed by atoms with van der Waals surface area (Å²) >= 11 is 0. The highest BCUT2D eigenvalue weighted by Gasteiger charge is 2.30. The van der Waals surface area contributed by atoms with E-state index in [0.717, 1.165) is 38.0 Å². The third-order valence-corrected chi connectivity index (χ3v) is 4.45. The molecule has 2 atom stereocenters. The highest BCUT2D eigenvalue weighted by molar-refractivity contribution is 5.95. The van der Waals surface area contributed by atoms with Gasteiger partial charge in [0.05, 0.1) is 0 Å². The lowest BCUT2D eigenvalue weighted by molar-refractivity contribution is 0.0627. The first-order chi connectivity index (χ1) is 10.1. The van der Waals surface area contributed by atoms with Crippen LogP contribution in [0.15, 0.2) is 18.2 Å². The van der Waals surface area contributed by atoms with Crippen LogP contribution < -0.4 is 5.32 Å². The maximum Gasteiger partial charge on any atom is 0.254 e. The van der Waals surface area contributed by atoms with Crippen LogP contribution in [0.3, 0.4) is 0 Å². The smallest absolute Gasteiger partial charge is 0.254 e. The van der Waals surface area contributed by atoms with Crippen molar-refractivity contribution in [3.63, 3.8) is 0 Å². The Kier molecular flexibility index (Phi) is 5.23. The number of aromatic hydroxyl groups is 1. The average Bonchev–Trinajstić information content (AvgIpc) is 2.47. The molecule has 0 aliphatic carbocycles. The van der Waals surface area contributed by atoms with Gasteiger partial charge in [-0.3, -0.25) is 4.79 Å². The van der Waals surface area contributed by atoms with Crippen molar-refractivity contribution in [2.45, 2.75) is 39.7 Å². The van der Waals surface area contributed by atoms with Gasteiger partial charge in [-0.1, -0.05) is 20.3 Å². The Hall–Kier alpha value is -1.55. The van der Waals surface area contributed by atoms with Crippen molar-refractivity contribution in [1.29, 1.82) is 0 Å². The highest BCUT2D eigenvalue weighted by atomic mass is 16.3. The summed E-state index contributed by atoms with van der Waals surface area (Å²) in [6, 6.07) is 5.48. The van der Waals surface area contributed by atoms with Crippen LogP contribution in [0.25, 0.3) is 0 Å². The molecule has 2 unspecified atom stereocenters. The van der Waals surface area contributed by atoms with E-state index in [-0.39, 0.29) is 11.7 Å². The van der Waals surface area contributed by atoms with Crippen LogP contribution in [0.1, 0.15) is 42.6 Å². The lowest BCUT2D eigenvalue weighted by Gasteiger charge is -2.39. The van der Waals surface area contributed by atoms with Crippen LogP contribution in [-0.2, 0) is 0 Å². The monoisotopic (exact) mass is 290 g/mol. The van der Waals surface area contributed by atoms with Gasteiger partial charge in [-0.05, 0) is 49.6 Å². The highest BCUT2D eigenvalue weighted by Crippen LogP contribution is 2.24. The molecule has 21 heavy (non-hydrogen) atoms. The quantitative estimate of drug-likeness (QED) is 0.896. The van der Waals surface area contributed by atoms with Gasteiger partial charge in [0.2, 0.25) is 0 Å². The van der Waals surface area contributed by atoms with Crippen molar-refractivity contribution in [2.24, 2.45) is 5.92 Å². The van der Waals surface area contributed by atoms with Gasteiger partial charge in [0.15, 0.2) is 0 Å². The zero-order valence-electron chi connectivity index (χ0n) is 13.2. The number of rotatable bonds is 4. The molecule has 4 nitrogen and oxygen atoms in total. The van der Waals surface area contributed by atoms with Gasteiger partial charge in [0.1, 0.15) is 5.75 Å². The number of amides is 1. The molecule has 1 amide bonds. The number of likely N-dealkylation sites (tertiary alicyclic amines) is 1. The van der Waals surface area contributed by atoms with E-state index in [0.29, 0.717) is 17.5 Å². The number of carbonyl (C=O) groups excluding carboxylic acids is 1. The molecule has 0 spiro atoms. The Morgan fingerprint density at radius 1 is 1.43 bits per heavy atom. The van der Waals surface area contributed by atoms with Crippen molar-refractivity contribution in [3.8, 4) is 5.75 Å². The largest absolute Gasteiger partial charge is 0.508 e. The lowest BCUT2D eigenvalue weighted by Crippen LogP contribution is -2.51. The molecule has 1 saturated heterocycles. The van der Waals surface area contributed by atoms with Gasteiger partial charge in [0, 0.05) is 24.7 Å². The van der Waals surface area contributed by atoms with Gasteiger partial charge in [-0.15, -0.1) is 0 Å². The fourth-order valence-corrected chi connectivity index (χ4v) is 3.22. The van der Waals surface area contributed by atoms with E-state index in [1.165, 1.54) is 0 Å². The number of hydrogen-bond donors (Lipinski definition) is 2. The molecular formula is C17H26N2O2. The predicted molar refractivity (Wildman–Crippen MR) is 84.6 cm³/mol. The van der Waals surface area contributed by atoms with Crippen molar-refractivity contribution >= 4 is 5.91 Å². The molecule has 1 aliphatic heterocycles. The minimum atomic E-state index is 0.0842. The van der Waals surface area contributed by atoms with E-state index in [2.05, 4.69) is 19.2 Å². The molecule has 0 saturated carbocycles. The second-order valence-electron chi connectivity index (χ2n) is 5.87. The molecule has 0 radical (unpaired) electrons. The second kappa shape index (κ2) is 6.94. The van der Waals surface area contributed by atoms with E-state index in [4.69, 9.17) is 0 Å². The summed E-state index contributed by atoms with van der Waals surface area (Å²) < 4.78 is 0. The predicted octanol–water partition coefficient (Wildman–Crippen LogP) is 2.55. The van der Waals surface area contributed by atoms with Crippen molar-refractivity contribution in [1.82, 2.24) is 10.2 Å². The third-order valence-electron chi connectivity index (χ3n) is 4.45. The first kappa shape index (κ1) is 15.8. The molecule has 2 rings (SSSR count). The SMILES string of the molecule is CCNC1CCN(C(=O)c2ccc(O)cc2C)CC1CC. The minimum absolute atomic E-state index is 0.0842. The first-order valence-corrected chi connectivity index (χ1v) is 7.89. The summed E-state index contributed by atoms with van der Waals surface area (Å²) in [4.78, 5) is 14.6. The summed E-state index contributed by atoms with van der Waals surface area (Å²) in [6.45, 7) is 8.78. The van der Waals surface area contributed by atoms with Gasteiger partial charge in [-0.25, -0.2) is 0 Å². The zero-order valence-corrected chi connectivity index (χ0v) is 13.2. The van der Waals surface area contributed by atoms with E-state index in [9.17, 15) is 9.90 Å². The number of aryl methyl sites for hydroxylation is 1. The third kappa shape index (κ3) is 3.56.